The topological polar surface area (TPSA) is 38.9 Å². The van der Waals surface area contributed by atoms with Gasteiger partial charge in [0.1, 0.15) is 0 Å². The molecule has 0 aromatic carbocycles. The van der Waals surface area contributed by atoms with Crippen molar-refractivity contribution in [1.82, 2.24) is 4.98 Å². The summed E-state index contributed by atoms with van der Waals surface area (Å²) in [5.74, 6) is 0. The zero-order valence-corrected chi connectivity index (χ0v) is 8.38. The first-order valence-electron chi connectivity index (χ1n) is 4.10. The molecule has 2 N–H and O–H groups in total. The zero-order valence-electron chi connectivity index (χ0n) is 7.63. The molecule has 0 saturated heterocycles. The third-order valence-electron chi connectivity index (χ3n) is 1.77. The second kappa shape index (κ2) is 4.40. The molecule has 70 valence electrons. The van der Waals surface area contributed by atoms with Crippen LogP contribution in [0.15, 0.2) is 30.6 Å². The molecule has 0 fully saturated rings. The van der Waals surface area contributed by atoms with Crippen molar-refractivity contribution < 1.29 is 0 Å². The van der Waals surface area contributed by atoms with Crippen molar-refractivity contribution in [3.63, 3.8) is 0 Å². The van der Waals surface area contributed by atoms with E-state index in [-0.39, 0.29) is 6.04 Å². The van der Waals surface area contributed by atoms with E-state index in [1.165, 1.54) is 0 Å². The highest BCUT2D eigenvalue weighted by atomic mass is 35.5. The summed E-state index contributed by atoms with van der Waals surface area (Å²) in [4.78, 5) is 3.90. The van der Waals surface area contributed by atoms with Crippen molar-refractivity contribution in [2.24, 2.45) is 5.73 Å². The minimum atomic E-state index is -0.0759. The standard InChI is InChI=1S/C10H13ClN2/c1-7(2)5-10(12)8-3-4-13-6-9(8)11/h3-4,6,10H,1,5,12H2,2H3/t10-/m0/s1. The first-order chi connectivity index (χ1) is 6.11. The third-order valence-corrected chi connectivity index (χ3v) is 2.09. The number of pyridine rings is 1. The van der Waals surface area contributed by atoms with E-state index < -0.39 is 0 Å². The molecule has 1 aromatic rings. The maximum absolute atomic E-state index is 5.93. The molecule has 0 radical (unpaired) electrons. The molecule has 1 atom stereocenters. The minimum Gasteiger partial charge on any atom is -0.324 e. The molecule has 1 heterocycles. The Hall–Kier alpha value is -0.860. The van der Waals surface area contributed by atoms with Gasteiger partial charge >= 0.3 is 0 Å². The molecule has 1 rings (SSSR count). The van der Waals surface area contributed by atoms with Crippen LogP contribution in [-0.4, -0.2) is 4.98 Å². The van der Waals surface area contributed by atoms with Crippen molar-refractivity contribution >= 4 is 11.6 Å². The Balaban J connectivity index is 2.82. The molecule has 0 aliphatic heterocycles. The van der Waals surface area contributed by atoms with Gasteiger partial charge in [0.15, 0.2) is 0 Å². The van der Waals surface area contributed by atoms with Crippen molar-refractivity contribution in [2.75, 3.05) is 0 Å². The summed E-state index contributed by atoms with van der Waals surface area (Å²) in [6, 6.07) is 1.77. The van der Waals surface area contributed by atoms with Crippen LogP contribution in [0.2, 0.25) is 5.02 Å². The lowest BCUT2D eigenvalue weighted by atomic mass is 10.0. The van der Waals surface area contributed by atoms with E-state index in [1.807, 2.05) is 13.0 Å². The van der Waals surface area contributed by atoms with Crippen molar-refractivity contribution in [3.8, 4) is 0 Å². The highest BCUT2D eigenvalue weighted by Crippen LogP contribution is 2.23. The summed E-state index contributed by atoms with van der Waals surface area (Å²) >= 11 is 5.93. The van der Waals surface area contributed by atoms with Gasteiger partial charge < -0.3 is 5.73 Å². The van der Waals surface area contributed by atoms with Crippen molar-refractivity contribution in [2.45, 2.75) is 19.4 Å². The molecule has 3 heteroatoms. The Morgan fingerprint density at radius 3 is 3.00 bits per heavy atom. The number of rotatable bonds is 3. The third kappa shape index (κ3) is 2.83. The van der Waals surface area contributed by atoms with Crippen molar-refractivity contribution in [3.05, 3.63) is 41.2 Å². The molecule has 0 unspecified atom stereocenters. The van der Waals surface area contributed by atoms with Gasteiger partial charge in [0.2, 0.25) is 0 Å². The van der Waals surface area contributed by atoms with Crippen LogP contribution in [0.3, 0.4) is 0 Å². The van der Waals surface area contributed by atoms with E-state index in [2.05, 4.69) is 11.6 Å². The summed E-state index contributed by atoms with van der Waals surface area (Å²) in [5.41, 5.74) is 7.91. The Morgan fingerprint density at radius 1 is 1.77 bits per heavy atom. The molecule has 0 amide bonds. The number of nitrogens with two attached hydrogens (primary N) is 1. The van der Waals surface area contributed by atoms with E-state index in [0.29, 0.717) is 5.02 Å². The molecule has 0 saturated carbocycles. The molecule has 0 aliphatic rings. The Morgan fingerprint density at radius 2 is 2.46 bits per heavy atom. The average Bonchev–Trinajstić information content (AvgIpc) is 2.03. The first kappa shape index (κ1) is 10.2. The number of aromatic nitrogens is 1. The van der Waals surface area contributed by atoms with Crippen LogP contribution >= 0.6 is 11.6 Å². The number of hydrogen-bond donors (Lipinski definition) is 1. The summed E-state index contributed by atoms with van der Waals surface area (Å²) < 4.78 is 0. The molecule has 0 aliphatic carbocycles. The lowest BCUT2D eigenvalue weighted by Crippen LogP contribution is -2.11. The van der Waals surface area contributed by atoms with Gasteiger partial charge in [-0.3, -0.25) is 4.98 Å². The van der Waals surface area contributed by atoms with Crippen LogP contribution in [0.4, 0.5) is 0 Å². The van der Waals surface area contributed by atoms with Crippen LogP contribution in [-0.2, 0) is 0 Å². The van der Waals surface area contributed by atoms with Crippen LogP contribution in [0.25, 0.3) is 0 Å². The molecular formula is C10H13ClN2. The Bertz CT molecular complexity index is 310. The van der Waals surface area contributed by atoms with Gasteiger partial charge in [-0.15, -0.1) is 6.58 Å². The van der Waals surface area contributed by atoms with Crippen LogP contribution in [0, 0.1) is 0 Å². The monoisotopic (exact) mass is 196 g/mol. The van der Waals surface area contributed by atoms with E-state index in [9.17, 15) is 0 Å². The highest BCUT2D eigenvalue weighted by Gasteiger charge is 2.09. The van der Waals surface area contributed by atoms with E-state index in [4.69, 9.17) is 17.3 Å². The summed E-state index contributed by atoms with van der Waals surface area (Å²) in [7, 11) is 0. The smallest absolute Gasteiger partial charge is 0.0637 e. The Kier molecular flexibility index (Phi) is 3.46. The molecule has 0 spiro atoms. The first-order valence-corrected chi connectivity index (χ1v) is 4.48. The average molecular weight is 197 g/mol. The summed E-state index contributed by atoms with van der Waals surface area (Å²) in [6.07, 6.45) is 4.05. The molecule has 0 bridgehead atoms. The summed E-state index contributed by atoms with van der Waals surface area (Å²) in [5, 5.41) is 0.622. The van der Waals surface area contributed by atoms with Gasteiger partial charge in [0.05, 0.1) is 5.02 Å². The minimum absolute atomic E-state index is 0.0759. The van der Waals surface area contributed by atoms with Crippen molar-refractivity contribution in [1.29, 1.82) is 0 Å². The lowest BCUT2D eigenvalue weighted by molar-refractivity contribution is 0.716. The second-order valence-electron chi connectivity index (χ2n) is 3.16. The normalized spacial score (nSPS) is 12.5. The van der Waals surface area contributed by atoms with Gasteiger partial charge in [0.25, 0.3) is 0 Å². The predicted octanol–water partition coefficient (Wildman–Crippen LogP) is 2.70. The lowest BCUT2D eigenvalue weighted by Gasteiger charge is -2.12. The summed E-state index contributed by atoms with van der Waals surface area (Å²) in [6.45, 7) is 5.76. The fraction of sp³-hybridized carbons (Fsp3) is 0.300. The fourth-order valence-electron chi connectivity index (χ4n) is 1.17. The maximum Gasteiger partial charge on any atom is 0.0637 e. The highest BCUT2D eigenvalue weighted by molar-refractivity contribution is 6.31. The molecule has 1 aromatic heterocycles. The molecule has 2 nitrogen and oxygen atoms in total. The van der Waals surface area contributed by atoms with Gasteiger partial charge in [-0.25, -0.2) is 0 Å². The quantitative estimate of drug-likeness (QED) is 0.755. The van der Waals surface area contributed by atoms with E-state index in [1.54, 1.807) is 12.4 Å². The van der Waals surface area contributed by atoms with Gasteiger partial charge in [0, 0.05) is 18.4 Å². The van der Waals surface area contributed by atoms with E-state index in [0.717, 1.165) is 17.6 Å². The van der Waals surface area contributed by atoms with Crippen LogP contribution < -0.4 is 5.73 Å². The predicted molar refractivity (Wildman–Crippen MR) is 55.6 cm³/mol. The fourth-order valence-corrected chi connectivity index (χ4v) is 1.43. The van der Waals surface area contributed by atoms with Crippen LogP contribution in [0.1, 0.15) is 24.9 Å². The maximum atomic E-state index is 5.93. The zero-order chi connectivity index (χ0) is 9.84. The number of halogens is 1. The van der Waals surface area contributed by atoms with Gasteiger partial charge in [-0.2, -0.15) is 0 Å². The van der Waals surface area contributed by atoms with E-state index >= 15 is 0 Å². The second-order valence-corrected chi connectivity index (χ2v) is 3.57. The largest absolute Gasteiger partial charge is 0.324 e. The Labute approximate surface area is 83.4 Å². The number of nitrogens with zero attached hydrogens (tertiary/aromatic N) is 1. The SMILES string of the molecule is C=C(C)C[C@H](N)c1ccncc1Cl. The van der Waals surface area contributed by atoms with Gasteiger partial charge in [-0.05, 0) is 25.0 Å². The van der Waals surface area contributed by atoms with Gasteiger partial charge in [-0.1, -0.05) is 17.2 Å². The molecular weight excluding hydrogens is 184 g/mol. The number of hydrogen-bond acceptors (Lipinski definition) is 2. The molecule has 13 heavy (non-hydrogen) atoms. The van der Waals surface area contributed by atoms with Crippen LogP contribution in [0.5, 0.6) is 0 Å².